The Balaban J connectivity index is 2.05. The van der Waals surface area contributed by atoms with Crippen LogP contribution in [0.15, 0.2) is 15.9 Å². The second kappa shape index (κ2) is 7.90. The monoisotopic (exact) mass is 360 g/mol. The number of ether oxygens (including phenoxy) is 1. The lowest BCUT2D eigenvalue weighted by atomic mass is 9.94. The molecule has 0 saturated carbocycles. The maximum atomic E-state index is 6.41. The van der Waals surface area contributed by atoms with Gasteiger partial charge in [0.1, 0.15) is 0 Å². The van der Waals surface area contributed by atoms with Crippen molar-refractivity contribution in [2.24, 2.45) is 11.7 Å². The summed E-state index contributed by atoms with van der Waals surface area (Å²) in [7, 11) is 1.80. The van der Waals surface area contributed by atoms with E-state index in [9.17, 15) is 0 Å². The fraction of sp³-hybridized carbons (Fsp3) is 0.733. The minimum atomic E-state index is 0.208. The maximum absolute atomic E-state index is 6.41. The highest BCUT2D eigenvalue weighted by molar-refractivity contribution is 9.10. The predicted molar refractivity (Wildman–Crippen MR) is 89.2 cm³/mol. The molecule has 2 rings (SSSR count). The molecule has 1 fully saturated rings. The van der Waals surface area contributed by atoms with Crippen molar-refractivity contribution in [2.45, 2.75) is 38.3 Å². The van der Waals surface area contributed by atoms with Crippen LogP contribution < -0.4 is 5.73 Å². The van der Waals surface area contributed by atoms with Gasteiger partial charge >= 0.3 is 0 Å². The molecule has 1 aliphatic rings. The van der Waals surface area contributed by atoms with E-state index in [-0.39, 0.29) is 6.04 Å². The quantitative estimate of drug-likeness (QED) is 0.841. The number of hydrogen-bond donors (Lipinski definition) is 1. The van der Waals surface area contributed by atoms with Crippen molar-refractivity contribution in [3.63, 3.8) is 0 Å². The summed E-state index contributed by atoms with van der Waals surface area (Å²) in [6.45, 7) is 5.32. The van der Waals surface area contributed by atoms with E-state index in [1.165, 1.54) is 22.2 Å². The summed E-state index contributed by atoms with van der Waals surface area (Å²) in [5.74, 6) is 0.713. The summed E-state index contributed by atoms with van der Waals surface area (Å²) in [4.78, 5) is 3.95. The second-order valence-electron chi connectivity index (χ2n) is 5.62. The minimum Gasteiger partial charge on any atom is -0.384 e. The molecule has 2 heterocycles. The molecule has 5 heteroatoms. The standard InChI is InChI=1S/C15H25BrN2OS/c1-3-13(17)15(14-8-12(16)10-20-14)18-6-4-11(5-7-18)9-19-2/h8,10-11,13,15H,3-7,9,17H2,1-2H3. The Morgan fingerprint density at radius 1 is 1.50 bits per heavy atom. The van der Waals surface area contributed by atoms with E-state index in [2.05, 4.69) is 39.2 Å². The van der Waals surface area contributed by atoms with Crippen LogP contribution in [0, 0.1) is 5.92 Å². The van der Waals surface area contributed by atoms with Gasteiger partial charge in [0.05, 0.1) is 6.04 Å². The molecule has 0 spiro atoms. The Labute approximate surface area is 134 Å². The van der Waals surface area contributed by atoms with Gasteiger partial charge in [-0.05, 0) is 60.3 Å². The van der Waals surface area contributed by atoms with Gasteiger partial charge in [0.2, 0.25) is 0 Å². The number of thiophene rings is 1. The highest BCUT2D eigenvalue weighted by Gasteiger charge is 2.30. The van der Waals surface area contributed by atoms with E-state index < -0.39 is 0 Å². The zero-order valence-corrected chi connectivity index (χ0v) is 14.8. The third kappa shape index (κ3) is 4.04. The average Bonchev–Trinajstić information content (AvgIpc) is 2.87. The third-order valence-corrected chi connectivity index (χ3v) is 5.97. The third-order valence-electron chi connectivity index (χ3n) is 4.20. The summed E-state index contributed by atoms with van der Waals surface area (Å²) in [6.07, 6.45) is 3.44. The molecule has 1 aromatic heterocycles. The smallest absolute Gasteiger partial charge is 0.0593 e. The normalized spacial score (nSPS) is 21.0. The van der Waals surface area contributed by atoms with E-state index >= 15 is 0 Å². The predicted octanol–water partition coefficient (Wildman–Crippen LogP) is 3.65. The fourth-order valence-electron chi connectivity index (χ4n) is 3.00. The summed E-state index contributed by atoms with van der Waals surface area (Å²) in [5, 5.41) is 2.16. The summed E-state index contributed by atoms with van der Waals surface area (Å²) in [5.41, 5.74) is 6.41. The first-order valence-electron chi connectivity index (χ1n) is 7.38. The topological polar surface area (TPSA) is 38.5 Å². The van der Waals surface area contributed by atoms with E-state index in [1.54, 1.807) is 7.11 Å². The van der Waals surface area contributed by atoms with Crippen molar-refractivity contribution in [2.75, 3.05) is 26.8 Å². The molecule has 20 heavy (non-hydrogen) atoms. The molecule has 1 saturated heterocycles. The van der Waals surface area contributed by atoms with Gasteiger partial charge in [0, 0.05) is 34.5 Å². The van der Waals surface area contributed by atoms with Crippen LogP contribution in [0.25, 0.3) is 0 Å². The fourth-order valence-corrected chi connectivity index (χ4v) is 4.66. The first-order valence-corrected chi connectivity index (χ1v) is 9.05. The van der Waals surface area contributed by atoms with Crippen molar-refractivity contribution >= 4 is 27.3 Å². The SMILES string of the molecule is CCC(N)C(c1cc(Br)cs1)N1CCC(COC)CC1. The van der Waals surface area contributed by atoms with Crippen LogP contribution in [0.1, 0.15) is 37.1 Å². The Hall–Kier alpha value is 0.0600. The second-order valence-corrected chi connectivity index (χ2v) is 7.48. The molecular formula is C15H25BrN2OS. The molecule has 0 bridgehead atoms. The molecular weight excluding hydrogens is 336 g/mol. The number of hydrogen-bond acceptors (Lipinski definition) is 4. The molecule has 2 unspecified atom stereocenters. The lowest BCUT2D eigenvalue weighted by Gasteiger charge is -2.39. The van der Waals surface area contributed by atoms with Gasteiger partial charge in [-0.2, -0.15) is 0 Å². The number of nitrogens with two attached hydrogens (primary N) is 1. The van der Waals surface area contributed by atoms with Gasteiger partial charge in [0.15, 0.2) is 0 Å². The highest BCUT2D eigenvalue weighted by Crippen LogP contribution is 2.34. The molecule has 2 N–H and O–H groups in total. The van der Waals surface area contributed by atoms with Crippen LogP contribution in [0.3, 0.4) is 0 Å². The first-order chi connectivity index (χ1) is 9.65. The van der Waals surface area contributed by atoms with Crippen molar-refractivity contribution in [3.05, 3.63) is 20.8 Å². The van der Waals surface area contributed by atoms with Crippen molar-refractivity contribution < 1.29 is 4.74 Å². The number of nitrogens with zero attached hydrogens (tertiary/aromatic N) is 1. The molecule has 0 radical (unpaired) electrons. The van der Waals surface area contributed by atoms with Gasteiger partial charge in [0.25, 0.3) is 0 Å². The Morgan fingerprint density at radius 3 is 2.70 bits per heavy atom. The van der Waals surface area contributed by atoms with E-state index in [1.807, 2.05) is 11.3 Å². The molecule has 1 aliphatic heterocycles. The Morgan fingerprint density at radius 2 is 2.20 bits per heavy atom. The Kier molecular flexibility index (Phi) is 6.49. The van der Waals surface area contributed by atoms with Crippen molar-refractivity contribution in [1.82, 2.24) is 4.90 Å². The average molecular weight is 361 g/mol. The van der Waals surface area contributed by atoms with E-state index in [0.717, 1.165) is 26.1 Å². The molecule has 3 nitrogen and oxygen atoms in total. The van der Waals surface area contributed by atoms with Gasteiger partial charge in [-0.25, -0.2) is 0 Å². The lowest BCUT2D eigenvalue weighted by molar-refractivity contribution is 0.0724. The van der Waals surface area contributed by atoms with E-state index in [4.69, 9.17) is 10.5 Å². The Bertz CT molecular complexity index is 404. The number of piperidine rings is 1. The molecule has 0 aliphatic carbocycles. The molecule has 0 aromatic carbocycles. The van der Waals surface area contributed by atoms with E-state index in [0.29, 0.717) is 12.0 Å². The molecule has 2 atom stereocenters. The summed E-state index contributed by atoms with van der Waals surface area (Å²) < 4.78 is 6.45. The highest BCUT2D eigenvalue weighted by atomic mass is 79.9. The maximum Gasteiger partial charge on any atom is 0.0593 e. The summed E-state index contributed by atoms with van der Waals surface area (Å²) >= 11 is 5.37. The van der Waals surface area contributed by atoms with Crippen molar-refractivity contribution in [1.29, 1.82) is 0 Å². The van der Waals surface area contributed by atoms with Gasteiger partial charge in [-0.3, -0.25) is 4.90 Å². The molecule has 0 amide bonds. The number of likely N-dealkylation sites (tertiary alicyclic amines) is 1. The van der Waals surface area contributed by atoms with Gasteiger partial charge in [-0.1, -0.05) is 6.92 Å². The van der Waals surface area contributed by atoms with Crippen molar-refractivity contribution in [3.8, 4) is 0 Å². The zero-order chi connectivity index (χ0) is 14.5. The first kappa shape index (κ1) is 16.4. The van der Waals surface area contributed by atoms with Crippen LogP contribution in [-0.4, -0.2) is 37.7 Å². The zero-order valence-electron chi connectivity index (χ0n) is 12.3. The van der Waals surface area contributed by atoms with Gasteiger partial charge < -0.3 is 10.5 Å². The lowest BCUT2D eigenvalue weighted by Crippen LogP contribution is -2.44. The van der Waals surface area contributed by atoms with Crippen LogP contribution in [0.2, 0.25) is 0 Å². The van der Waals surface area contributed by atoms with Crippen LogP contribution in [-0.2, 0) is 4.74 Å². The van der Waals surface area contributed by atoms with Gasteiger partial charge in [-0.15, -0.1) is 11.3 Å². The number of methoxy groups -OCH3 is 1. The van der Waals surface area contributed by atoms with Crippen LogP contribution in [0.5, 0.6) is 0 Å². The molecule has 1 aromatic rings. The molecule has 114 valence electrons. The largest absolute Gasteiger partial charge is 0.384 e. The summed E-state index contributed by atoms with van der Waals surface area (Å²) in [6, 6.07) is 2.80. The number of halogens is 1. The minimum absolute atomic E-state index is 0.208. The number of rotatable bonds is 6. The van der Waals surface area contributed by atoms with Crippen LogP contribution in [0.4, 0.5) is 0 Å². The van der Waals surface area contributed by atoms with Crippen LogP contribution >= 0.6 is 27.3 Å².